The fraction of sp³-hybridized carbons (Fsp3) is 0.412. The number of halogens is 4. The van der Waals surface area contributed by atoms with Gasteiger partial charge in [-0.05, 0) is 44.2 Å². The van der Waals surface area contributed by atoms with Crippen LogP contribution in [0, 0.1) is 0 Å². The summed E-state index contributed by atoms with van der Waals surface area (Å²) < 4.78 is 40.0. The maximum atomic E-state index is 13.1. The Morgan fingerprint density at radius 2 is 2.08 bits per heavy atom. The highest BCUT2D eigenvalue weighted by Crippen LogP contribution is 2.30. The molecule has 3 rings (SSSR count). The van der Waals surface area contributed by atoms with Crippen LogP contribution in [-0.4, -0.2) is 46.8 Å². The van der Waals surface area contributed by atoms with E-state index in [0.717, 1.165) is 29.8 Å². The molecule has 2 heterocycles. The second-order valence-corrected chi connectivity index (χ2v) is 6.06. The third kappa shape index (κ3) is 4.19. The number of carbonyl (C=O) groups excluding carboxylic acids is 1. The van der Waals surface area contributed by atoms with E-state index in [1.165, 1.54) is 12.1 Å². The highest BCUT2D eigenvalue weighted by molar-refractivity contribution is 5.94. The summed E-state index contributed by atoms with van der Waals surface area (Å²) in [6, 6.07) is 7.30. The van der Waals surface area contributed by atoms with E-state index in [2.05, 4.69) is 10.4 Å². The van der Waals surface area contributed by atoms with Gasteiger partial charge in [-0.15, -0.1) is 12.4 Å². The van der Waals surface area contributed by atoms with E-state index >= 15 is 0 Å². The van der Waals surface area contributed by atoms with E-state index in [1.807, 2.05) is 7.05 Å². The number of likely N-dealkylation sites (tertiary alicyclic amines) is 1. The van der Waals surface area contributed by atoms with Crippen LogP contribution in [0.4, 0.5) is 13.2 Å². The summed E-state index contributed by atoms with van der Waals surface area (Å²) in [5, 5.41) is 6.92. The average molecular weight is 389 g/mol. The maximum Gasteiger partial charge on any atom is 0.433 e. The molecule has 1 amide bonds. The first-order valence-corrected chi connectivity index (χ1v) is 8.08. The molecule has 0 radical (unpaired) electrons. The minimum absolute atomic E-state index is 0. The van der Waals surface area contributed by atoms with Crippen LogP contribution in [0.5, 0.6) is 0 Å². The smallest absolute Gasteiger partial charge is 0.337 e. The van der Waals surface area contributed by atoms with Crippen LogP contribution in [0.25, 0.3) is 5.69 Å². The van der Waals surface area contributed by atoms with Gasteiger partial charge < -0.3 is 10.2 Å². The second-order valence-electron chi connectivity index (χ2n) is 6.06. The van der Waals surface area contributed by atoms with Crippen molar-refractivity contribution >= 4 is 18.3 Å². The number of amides is 1. The van der Waals surface area contributed by atoms with Gasteiger partial charge in [0.15, 0.2) is 0 Å². The van der Waals surface area contributed by atoms with E-state index in [-0.39, 0.29) is 30.0 Å². The number of nitrogens with one attached hydrogen (secondary N) is 1. The molecule has 1 aromatic carbocycles. The Hall–Kier alpha value is -2.06. The summed E-state index contributed by atoms with van der Waals surface area (Å²) in [5.41, 5.74) is -0.298. The number of aromatic nitrogens is 2. The van der Waals surface area contributed by atoms with E-state index in [4.69, 9.17) is 0 Å². The number of benzene rings is 1. The summed E-state index contributed by atoms with van der Waals surface area (Å²) in [6.45, 7) is 1.24. The Kier molecular flexibility index (Phi) is 6.30. The van der Waals surface area contributed by atoms with Crippen molar-refractivity contribution in [2.24, 2.45) is 0 Å². The van der Waals surface area contributed by atoms with Crippen molar-refractivity contribution in [2.45, 2.75) is 25.1 Å². The van der Waals surface area contributed by atoms with Crippen LogP contribution in [0.2, 0.25) is 0 Å². The number of hydrogen-bond acceptors (Lipinski definition) is 3. The van der Waals surface area contributed by atoms with E-state index in [9.17, 15) is 18.0 Å². The van der Waals surface area contributed by atoms with Gasteiger partial charge in [0.1, 0.15) is 5.69 Å². The standard InChI is InChI=1S/C17H19F3N4O.ClH/c1-21-13-5-3-9-23(11-13)16(25)12-4-2-6-14(10-12)24-15(7-8-22-24)17(18,19)20;/h2,4,6-8,10,13,21H,3,5,9,11H2,1H3;1H. The minimum Gasteiger partial charge on any atom is -0.337 e. The largest absolute Gasteiger partial charge is 0.433 e. The Labute approximate surface area is 155 Å². The van der Waals surface area contributed by atoms with Crippen LogP contribution in [-0.2, 0) is 6.18 Å². The number of alkyl halides is 3. The Bertz CT molecular complexity index is 762. The fourth-order valence-corrected chi connectivity index (χ4v) is 3.07. The first-order valence-electron chi connectivity index (χ1n) is 8.08. The van der Waals surface area contributed by atoms with Gasteiger partial charge in [0.25, 0.3) is 5.91 Å². The first-order chi connectivity index (χ1) is 11.9. The molecule has 1 fully saturated rings. The molecule has 0 bridgehead atoms. The molecule has 0 saturated carbocycles. The summed E-state index contributed by atoms with van der Waals surface area (Å²) in [6.07, 6.45) is -1.51. The van der Waals surface area contributed by atoms with Gasteiger partial charge in [0.05, 0.1) is 11.9 Å². The second kappa shape index (κ2) is 8.09. The Morgan fingerprint density at radius 3 is 2.77 bits per heavy atom. The number of piperidine rings is 1. The van der Waals surface area contributed by atoms with Gasteiger partial charge in [-0.1, -0.05) is 6.07 Å². The van der Waals surface area contributed by atoms with Crippen molar-refractivity contribution in [3.8, 4) is 5.69 Å². The van der Waals surface area contributed by atoms with Gasteiger partial charge >= 0.3 is 6.18 Å². The average Bonchev–Trinajstić information content (AvgIpc) is 3.11. The third-order valence-electron chi connectivity index (χ3n) is 4.39. The Morgan fingerprint density at radius 1 is 1.31 bits per heavy atom. The zero-order chi connectivity index (χ0) is 18.0. The lowest BCUT2D eigenvalue weighted by Gasteiger charge is -2.32. The Balaban J connectivity index is 0.00000243. The molecule has 1 aromatic heterocycles. The van der Waals surface area contributed by atoms with E-state index in [0.29, 0.717) is 18.7 Å². The van der Waals surface area contributed by atoms with Gasteiger partial charge in [0.2, 0.25) is 0 Å². The van der Waals surface area contributed by atoms with Crippen LogP contribution in [0.15, 0.2) is 36.5 Å². The predicted molar refractivity (Wildman–Crippen MR) is 93.8 cm³/mol. The highest BCUT2D eigenvalue weighted by Gasteiger charge is 2.35. The zero-order valence-electron chi connectivity index (χ0n) is 14.2. The molecule has 5 nitrogen and oxygen atoms in total. The summed E-state index contributed by atoms with van der Waals surface area (Å²) in [4.78, 5) is 14.4. The minimum atomic E-state index is -4.51. The van der Waals surface area contributed by atoms with Crippen LogP contribution < -0.4 is 5.32 Å². The summed E-state index contributed by atoms with van der Waals surface area (Å²) >= 11 is 0. The lowest BCUT2D eigenvalue weighted by atomic mass is 10.0. The van der Waals surface area contributed by atoms with Gasteiger partial charge in [-0.3, -0.25) is 4.79 Å². The van der Waals surface area contributed by atoms with Crippen molar-refractivity contribution in [1.82, 2.24) is 20.0 Å². The molecule has 9 heteroatoms. The van der Waals surface area contributed by atoms with Crippen LogP contribution in [0.1, 0.15) is 28.9 Å². The molecular formula is C17H20ClF3N4O. The van der Waals surface area contributed by atoms with Gasteiger partial charge in [-0.2, -0.15) is 18.3 Å². The fourth-order valence-electron chi connectivity index (χ4n) is 3.07. The summed E-state index contributed by atoms with van der Waals surface area (Å²) in [5.74, 6) is -0.178. The molecular weight excluding hydrogens is 369 g/mol. The van der Waals surface area contributed by atoms with Gasteiger partial charge in [0, 0.05) is 24.7 Å². The molecule has 1 atom stereocenters. The monoisotopic (exact) mass is 388 g/mol. The molecule has 0 aliphatic carbocycles. The molecule has 1 saturated heterocycles. The quantitative estimate of drug-likeness (QED) is 0.878. The van der Waals surface area contributed by atoms with Crippen molar-refractivity contribution in [2.75, 3.05) is 20.1 Å². The SMILES string of the molecule is CNC1CCCN(C(=O)c2cccc(-n3nccc3C(F)(F)F)c2)C1.Cl. The molecule has 2 aromatic rings. The number of hydrogen-bond donors (Lipinski definition) is 1. The number of carbonyl (C=O) groups is 1. The molecule has 1 aliphatic rings. The number of nitrogens with zero attached hydrogens (tertiary/aromatic N) is 3. The molecule has 1 aliphatic heterocycles. The predicted octanol–water partition coefficient (Wildman–Crippen LogP) is 3.14. The zero-order valence-corrected chi connectivity index (χ0v) is 15.0. The molecule has 1 N–H and O–H groups in total. The van der Waals surface area contributed by atoms with Crippen molar-refractivity contribution in [3.63, 3.8) is 0 Å². The first kappa shape index (κ1) is 20.3. The van der Waals surface area contributed by atoms with E-state index < -0.39 is 11.9 Å². The lowest BCUT2D eigenvalue weighted by Crippen LogP contribution is -2.46. The number of rotatable bonds is 3. The normalized spacial score (nSPS) is 17.7. The maximum absolute atomic E-state index is 13.1. The van der Waals surface area contributed by atoms with Crippen LogP contribution >= 0.6 is 12.4 Å². The topological polar surface area (TPSA) is 50.2 Å². The molecule has 142 valence electrons. The van der Waals surface area contributed by atoms with Gasteiger partial charge in [-0.25, -0.2) is 4.68 Å². The molecule has 26 heavy (non-hydrogen) atoms. The highest BCUT2D eigenvalue weighted by atomic mass is 35.5. The van der Waals surface area contributed by atoms with Crippen molar-refractivity contribution in [1.29, 1.82) is 0 Å². The van der Waals surface area contributed by atoms with E-state index in [1.54, 1.807) is 17.0 Å². The van der Waals surface area contributed by atoms with Crippen molar-refractivity contribution < 1.29 is 18.0 Å². The molecule has 0 spiro atoms. The number of likely N-dealkylation sites (N-methyl/N-ethyl adjacent to an activating group) is 1. The third-order valence-corrected chi connectivity index (χ3v) is 4.39. The summed E-state index contributed by atoms with van der Waals surface area (Å²) in [7, 11) is 1.86. The lowest BCUT2D eigenvalue weighted by molar-refractivity contribution is -0.142. The van der Waals surface area contributed by atoms with Crippen molar-refractivity contribution in [3.05, 3.63) is 47.8 Å². The van der Waals surface area contributed by atoms with Crippen LogP contribution in [0.3, 0.4) is 0 Å². The molecule has 1 unspecified atom stereocenters.